The zero-order valence-electron chi connectivity index (χ0n) is 11.8. The molecule has 1 atom stereocenters. The van der Waals surface area contributed by atoms with Crippen LogP contribution in [0.3, 0.4) is 0 Å². The number of fused-ring (bicyclic) bond motifs is 1. The Morgan fingerprint density at radius 1 is 1.20 bits per heavy atom. The van der Waals surface area contributed by atoms with E-state index in [-0.39, 0.29) is 11.9 Å². The molecule has 0 aromatic heterocycles. The van der Waals surface area contributed by atoms with Gasteiger partial charge in [0.15, 0.2) is 0 Å². The molecule has 1 fully saturated rings. The highest BCUT2D eigenvalue weighted by molar-refractivity contribution is 5.98. The van der Waals surface area contributed by atoms with Crippen molar-refractivity contribution < 1.29 is 4.79 Å². The zero-order valence-corrected chi connectivity index (χ0v) is 11.8. The van der Waals surface area contributed by atoms with Crippen LogP contribution in [-0.2, 0) is 0 Å². The van der Waals surface area contributed by atoms with Gasteiger partial charge in [-0.2, -0.15) is 0 Å². The summed E-state index contributed by atoms with van der Waals surface area (Å²) in [5.74, 6) is 0.0997. The Morgan fingerprint density at radius 3 is 2.75 bits per heavy atom. The molecule has 1 saturated heterocycles. The van der Waals surface area contributed by atoms with Crippen molar-refractivity contribution in [3.8, 4) is 0 Å². The number of nitrogens with two attached hydrogens (primary N) is 1. The number of piperidine rings is 1. The first-order chi connectivity index (χ1) is 9.63. The molecule has 2 aromatic rings. The smallest absolute Gasteiger partial charge is 0.253 e. The monoisotopic (exact) mass is 268 g/mol. The van der Waals surface area contributed by atoms with Gasteiger partial charge in [-0.25, -0.2) is 0 Å². The number of rotatable bonds is 1. The average molecular weight is 268 g/mol. The molecule has 0 aliphatic carbocycles. The van der Waals surface area contributed by atoms with Gasteiger partial charge in [0, 0.05) is 24.7 Å². The van der Waals surface area contributed by atoms with Crippen LogP contribution in [-0.4, -0.2) is 29.9 Å². The van der Waals surface area contributed by atoms with E-state index in [1.54, 1.807) is 0 Å². The molecule has 3 heteroatoms. The Hall–Kier alpha value is -1.87. The number of aryl methyl sites for hydroxylation is 1. The summed E-state index contributed by atoms with van der Waals surface area (Å²) >= 11 is 0. The van der Waals surface area contributed by atoms with Crippen molar-refractivity contribution in [2.75, 3.05) is 13.1 Å². The van der Waals surface area contributed by atoms with Gasteiger partial charge in [-0.15, -0.1) is 0 Å². The number of amides is 1. The minimum atomic E-state index is 0.0997. The van der Waals surface area contributed by atoms with Crippen molar-refractivity contribution in [1.29, 1.82) is 0 Å². The van der Waals surface area contributed by atoms with Gasteiger partial charge >= 0.3 is 0 Å². The Labute approximate surface area is 119 Å². The molecule has 0 radical (unpaired) electrons. The summed E-state index contributed by atoms with van der Waals surface area (Å²) in [6.45, 7) is 3.57. The van der Waals surface area contributed by atoms with Crippen molar-refractivity contribution in [1.82, 2.24) is 4.90 Å². The van der Waals surface area contributed by atoms with Gasteiger partial charge < -0.3 is 10.6 Å². The van der Waals surface area contributed by atoms with E-state index in [0.29, 0.717) is 6.54 Å². The van der Waals surface area contributed by atoms with Crippen LogP contribution in [0.25, 0.3) is 10.8 Å². The number of carbonyl (C=O) groups is 1. The largest absolute Gasteiger partial charge is 0.337 e. The molecule has 2 aromatic carbocycles. The summed E-state index contributed by atoms with van der Waals surface area (Å²) < 4.78 is 0. The normalized spacial score (nSPS) is 19.3. The van der Waals surface area contributed by atoms with E-state index in [2.05, 4.69) is 25.1 Å². The zero-order chi connectivity index (χ0) is 14.1. The highest BCUT2D eigenvalue weighted by Gasteiger charge is 2.22. The maximum atomic E-state index is 12.5. The third-order valence-electron chi connectivity index (χ3n) is 3.99. The van der Waals surface area contributed by atoms with E-state index in [1.165, 1.54) is 10.9 Å². The number of hydrogen-bond acceptors (Lipinski definition) is 2. The highest BCUT2D eigenvalue weighted by atomic mass is 16.2. The Bertz CT molecular complexity index is 650. The lowest BCUT2D eigenvalue weighted by molar-refractivity contribution is 0.0709. The van der Waals surface area contributed by atoms with E-state index >= 15 is 0 Å². The predicted molar refractivity (Wildman–Crippen MR) is 81.8 cm³/mol. The number of carbonyl (C=O) groups excluding carboxylic acids is 1. The summed E-state index contributed by atoms with van der Waals surface area (Å²) in [7, 11) is 0. The summed E-state index contributed by atoms with van der Waals surface area (Å²) in [6.07, 6.45) is 2.01. The molecular weight excluding hydrogens is 248 g/mol. The lowest BCUT2D eigenvalue weighted by Gasteiger charge is -2.30. The SMILES string of the molecule is Cc1ccc2cc(C(=O)N3CCCC(N)C3)ccc2c1. The fraction of sp³-hybridized carbons (Fsp3) is 0.353. The molecule has 1 unspecified atom stereocenters. The van der Waals surface area contributed by atoms with E-state index in [9.17, 15) is 4.79 Å². The quantitative estimate of drug-likeness (QED) is 0.864. The second-order valence-electron chi connectivity index (χ2n) is 5.72. The lowest BCUT2D eigenvalue weighted by Crippen LogP contribution is -2.45. The van der Waals surface area contributed by atoms with Crippen molar-refractivity contribution in [3.63, 3.8) is 0 Å². The van der Waals surface area contributed by atoms with Gasteiger partial charge in [-0.1, -0.05) is 29.8 Å². The minimum absolute atomic E-state index is 0.0997. The summed E-state index contributed by atoms with van der Waals surface area (Å²) in [5, 5.41) is 2.29. The molecular formula is C17H20N2O. The molecule has 2 N–H and O–H groups in total. The molecule has 0 bridgehead atoms. The topological polar surface area (TPSA) is 46.3 Å². The van der Waals surface area contributed by atoms with Gasteiger partial charge in [0.25, 0.3) is 5.91 Å². The standard InChI is InChI=1S/C17H20N2O/c1-12-4-5-14-10-15(7-6-13(14)9-12)17(20)19-8-2-3-16(18)11-19/h4-7,9-10,16H,2-3,8,11,18H2,1H3. The molecule has 0 spiro atoms. The maximum Gasteiger partial charge on any atom is 0.253 e. The van der Waals surface area contributed by atoms with Crippen molar-refractivity contribution in [2.24, 2.45) is 5.73 Å². The average Bonchev–Trinajstić information content (AvgIpc) is 2.46. The summed E-state index contributed by atoms with van der Waals surface area (Å²) in [5.41, 5.74) is 7.95. The second kappa shape index (κ2) is 5.25. The van der Waals surface area contributed by atoms with E-state index < -0.39 is 0 Å². The van der Waals surface area contributed by atoms with Gasteiger partial charge in [-0.3, -0.25) is 4.79 Å². The number of nitrogens with zero attached hydrogens (tertiary/aromatic N) is 1. The Balaban J connectivity index is 1.89. The number of hydrogen-bond donors (Lipinski definition) is 1. The van der Waals surface area contributed by atoms with Crippen LogP contribution in [0.4, 0.5) is 0 Å². The predicted octanol–water partition coefficient (Wildman–Crippen LogP) is 2.71. The molecule has 1 aliphatic heterocycles. The van der Waals surface area contributed by atoms with Gasteiger partial charge in [0.05, 0.1) is 0 Å². The van der Waals surface area contributed by atoms with E-state index in [0.717, 1.165) is 30.3 Å². The van der Waals surface area contributed by atoms with Crippen LogP contribution in [0.1, 0.15) is 28.8 Å². The van der Waals surface area contributed by atoms with Crippen LogP contribution < -0.4 is 5.73 Å². The molecule has 20 heavy (non-hydrogen) atoms. The highest BCUT2D eigenvalue weighted by Crippen LogP contribution is 2.20. The van der Waals surface area contributed by atoms with Crippen LogP contribution in [0.2, 0.25) is 0 Å². The lowest BCUT2D eigenvalue weighted by atomic mass is 10.0. The molecule has 1 amide bonds. The molecule has 1 heterocycles. The minimum Gasteiger partial charge on any atom is -0.337 e. The first-order valence-corrected chi connectivity index (χ1v) is 7.19. The van der Waals surface area contributed by atoms with Crippen LogP contribution in [0.15, 0.2) is 36.4 Å². The van der Waals surface area contributed by atoms with Gasteiger partial charge in [0.2, 0.25) is 0 Å². The molecule has 1 aliphatic rings. The van der Waals surface area contributed by atoms with Crippen molar-refractivity contribution in [3.05, 3.63) is 47.5 Å². The summed E-state index contributed by atoms with van der Waals surface area (Å²) in [4.78, 5) is 14.4. The third kappa shape index (κ3) is 2.54. The van der Waals surface area contributed by atoms with E-state index in [4.69, 9.17) is 5.73 Å². The molecule has 104 valence electrons. The van der Waals surface area contributed by atoms with Gasteiger partial charge in [-0.05, 0) is 42.7 Å². The fourth-order valence-electron chi connectivity index (χ4n) is 2.88. The first kappa shape index (κ1) is 13.1. The Kier molecular flexibility index (Phi) is 3.45. The van der Waals surface area contributed by atoms with Crippen LogP contribution in [0, 0.1) is 6.92 Å². The van der Waals surface area contributed by atoms with Crippen molar-refractivity contribution in [2.45, 2.75) is 25.8 Å². The third-order valence-corrected chi connectivity index (χ3v) is 3.99. The van der Waals surface area contributed by atoms with E-state index in [1.807, 2.05) is 23.1 Å². The first-order valence-electron chi connectivity index (χ1n) is 7.19. The second-order valence-corrected chi connectivity index (χ2v) is 5.72. The number of likely N-dealkylation sites (tertiary alicyclic amines) is 1. The molecule has 3 rings (SSSR count). The van der Waals surface area contributed by atoms with Crippen LogP contribution in [0.5, 0.6) is 0 Å². The van der Waals surface area contributed by atoms with Gasteiger partial charge in [0.1, 0.15) is 0 Å². The Morgan fingerprint density at radius 2 is 1.95 bits per heavy atom. The molecule has 3 nitrogen and oxygen atoms in total. The summed E-state index contributed by atoms with van der Waals surface area (Å²) in [6, 6.07) is 12.3. The van der Waals surface area contributed by atoms with Crippen molar-refractivity contribution >= 4 is 16.7 Å². The fourth-order valence-corrected chi connectivity index (χ4v) is 2.88. The maximum absolute atomic E-state index is 12.5. The molecule has 0 saturated carbocycles. The van der Waals surface area contributed by atoms with Crippen LogP contribution >= 0.6 is 0 Å². The number of benzene rings is 2.